The van der Waals surface area contributed by atoms with E-state index in [1.165, 1.54) is 0 Å². The van der Waals surface area contributed by atoms with Crippen LogP contribution in [0.5, 0.6) is 0 Å². The van der Waals surface area contributed by atoms with E-state index in [0.717, 1.165) is 0 Å². The lowest BCUT2D eigenvalue weighted by Gasteiger charge is -2.10. The van der Waals surface area contributed by atoms with E-state index in [-0.39, 0.29) is 0 Å². The van der Waals surface area contributed by atoms with E-state index in [4.69, 9.17) is 5.73 Å². The maximum atomic E-state index is 13.0. The molecule has 0 spiro atoms. The normalized spacial score (nSPS) is 17.5. The van der Waals surface area contributed by atoms with Crippen molar-refractivity contribution >= 4 is 25.2 Å². The average molecular weight is 257 g/mol. The van der Waals surface area contributed by atoms with Crippen molar-refractivity contribution in [2.75, 3.05) is 6.54 Å². The van der Waals surface area contributed by atoms with Crippen LogP contribution in [-0.2, 0) is 0 Å². The molecule has 0 amide bonds. The summed E-state index contributed by atoms with van der Waals surface area (Å²) in [6.07, 6.45) is 4.02. The first-order valence-electron chi connectivity index (χ1n) is 3.06. The molecule has 2 N–H and O–H groups in total. The lowest BCUT2D eigenvalue weighted by molar-refractivity contribution is 0.343. The third kappa shape index (κ3) is 5.05. The number of rotatable bonds is 4. The largest absolute Gasteiger partial charge is 0.327 e. The number of hydrogen-bond acceptors (Lipinski definition) is 1. The molecule has 0 bridgehead atoms. The Balaban J connectivity index is 3.66. The summed E-state index contributed by atoms with van der Waals surface area (Å²) in [6.45, 7) is 2.08. The second-order valence-electron chi connectivity index (χ2n) is 2.12. The molecule has 0 saturated heterocycles. The van der Waals surface area contributed by atoms with Gasteiger partial charge in [-0.2, -0.15) is 0 Å². The van der Waals surface area contributed by atoms with E-state index < -0.39 is 24.4 Å². The third-order valence-electron chi connectivity index (χ3n) is 1.06. The van der Waals surface area contributed by atoms with Crippen LogP contribution in [0.25, 0.3) is 0 Å². The van der Waals surface area contributed by atoms with E-state index in [1.807, 2.05) is 0 Å². The van der Waals surface area contributed by atoms with Gasteiger partial charge in [0.25, 0.3) is 0 Å². The first kappa shape index (κ1) is 10.2. The van der Waals surface area contributed by atoms with Crippen molar-refractivity contribution < 1.29 is 4.39 Å². The molecule has 0 aromatic rings. The number of hydrogen-bond donors (Lipinski definition) is 1. The quantitative estimate of drug-likeness (QED) is 0.465. The summed E-state index contributed by atoms with van der Waals surface area (Å²) in [7, 11) is 0. The summed E-state index contributed by atoms with van der Waals surface area (Å²) in [6, 6.07) is 0. The Morgan fingerprint density at radius 3 is 2.70 bits per heavy atom. The molecule has 10 heavy (non-hydrogen) atoms. The summed E-state index contributed by atoms with van der Waals surface area (Å²) >= 11 is -0.566. The molecule has 0 radical (unpaired) electrons. The average Bonchev–Trinajstić information content (AvgIpc) is 1.89. The summed E-state index contributed by atoms with van der Waals surface area (Å²) < 4.78 is 15.6. The van der Waals surface area contributed by atoms with Crippen LogP contribution in [0.1, 0.15) is 13.3 Å². The third-order valence-corrected chi connectivity index (χ3v) is 3.09. The Kier molecular flexibility index (Phi) is 5.07. The molecule has 0 fully saturated rings. The summed E-state index contributed by atoms with van der Waals surface area (Å²) in [5.74, 6) is 0. The molecule has 0 aromatic heterocycles. The van der Waals surface area contributed by atoms with Gasteiger partial charge in [-0.15, -0.1) is 0 Å². The van der Waals surface area contributed by atoms with Crippen molar-refractivity contribution in [2.24, 2.45) is 5.73 Å². The molecule has 3 heteroatoms. The van der Waals surface area contributed by atoms with E-state index >= 15 is 0 Å². The van der Waals surface area contributed by atoms with Crippen LogP contribution in [-0.4, -0.2) is 14.7 Å². The molecular weight excluding hydrogens is 244 g/mol. The van der Waals surface area contributed by atoms with Crippen molar-refractivity contribution in [1.29, 1.82) is 0 Å². The van der Waals surface area contributed by atoms with E-state index in [9.17, 15) is 4.39 Å². The molecule has 0 aliphatic carbocycles. The van der Waals surface area contributed by atoms with Gasteiger partial charge in [0.15, 0.2) is 3.68 Å². The summed E-state index contributed by atoms with van der Waals surface area (Å²) in [5.41, 5.74) is 5.18. The van der Waals surface area contributed by atoms with Gasteiger partial charge in [0, 0.05) is 13.0 Å². The minimum Gasteiger partial charge on any atom is -0.327 e. The smallest absolute Gasteiger partial charge is 0.156 e. The number of alkyl halides is 2. The molecule has 60 valence electrons. The zero-order chi connectivity index (χ0) is 8.04. The van der Waals surface area contributed by atoms with Crippen LogP contribution in [0.3, 0.4) is 0 Å². The van der Waals surface area contributed by atoms with Crippen molar-refractivity contribution in [3.05, 3.63) is 12.2 Å². The molecule has 0 aliphatic rings. The highest BCUT2D eigenvalue weighted by atomic mass is 127. The second kappa shape index (κ2) is 4.96. The maximum Gasteiger partial charge on any atom is 0.156 e. The lowest BCUT2D eigenvalue weighted by atomic mass is 10.3. The highest BCUT2D eigenvalue weighted by Crippen LogP contribution is 2.28. The van der Waals surface area contributed by atoms with Gasteiger partial charge in [0.1, 0.15) is 0 Å². The van der Waals surface area contributed by atoms with Gasteiger partial charge in [-0.05, 0) is 6.92 Å². The van der Waals surface area contributed by atoms with Crippen LogP contribution >= 0.6 is 20.7 Å². The van der Waals surface area contributed by atoms with Crippen molar-refractivity contribution in [3.8, 4) is 0 Å². The van der Waals surface area contributed by atoms with Gasteiger partial charge in [-0.25, -0.2) is 4.39 Å². The standard InChI is InChI=1S/C7H13FIN/c1-7(8,9-2)5-3-4-6-10/h3-4H,2,5-6,10H2,1H3/b4-3-/t7-/m1/s1. The fraction of sp³-hybridized carbons (Fsp3) is 0.571. The monoisotopic (exact) mass is 257 g/mol. The van der Waals surface area contributed by atoms with Gasteiger partial charge >= 0.3 is 0 Å². The number of halogens is 2. The van der Waals surface area contributed by atoms with Crippen LogP contribution in [0.2, 0.25) is 0 Å². The maximum absolute atomic E-state index is 13.0. The van der Waals surface area contributed by atoms with E-state index in [0.29, 0.717) is 13.0 Å². The van der Waals surface area contributed by atoms with Crippen LogP contribution < -0.4 is 5.73 Å². The van der Waals surface area contributed by atoms with Crippen LogP contribution in [0.4, 0.5) is 4.39 Å². The van der Waals surface area contributed by atoms with Gasteiger partial charge in [0.05, 0.1) is 0 Å². The molecule has 0 rings (SSSR count). The van der Waals surface area contributed by atoms with Gasteiger partial charge < -0.3 is 5.73 Å². The van der Waals surface area contributed by atoms with E-state index in [2.05, 4.69) is 4.51 Å². The lowest BCUT2D eigenvalue weighted by Crippen LogP contribution is -2.05. The molecule has 0 saturated carbocycles. The molecule has 0 aliphatic heterocycles. The Morgan fingerprint density at radius 2 is 2.30 bits per heavy atom. The number of nitrogens with two attached hydrogens (primary N) is 1. The predicted octanol–water partition coefficient (Wildman–Crippen LogP) is 1.98. The molecule has 1 atom stereocenters. The van der Waals surface area contributed by atoms with Gasteiger partial charge in [0.2, 0.25) is 0 Å². The highest BCUT2D eigenvalue weighted by molar-refractivity contribution is 14.2. The number of allylic oxidation sites excluding steroid dienone is 1. The topological polar surface area (TPSA) is 26.0 Å². The minimum absolute atomic E-state index is 0.459. The summed E-state index contributed by atoms with van der Waals surface area (Å²) in [5, 5.41) is 0. The van der Waals surface area contributed by atoms with Crippen molar-refractivity contribution in [2.45, 2.75) is 17.0 Å². The SMILES string of the molecule is C=I[C@@](C)(F)C/C=C\CN. The predicted molar refractivity (Wildman–Crippen MR) is 53.5 cm³/mol. The Bertz CT molecular complexity index is 132. The van der Waals surface area contributed by atoms with Crippen molar-refractivity contribution in [1.82, 2.24) is 0 Å². The highest BCUT2D eigenvalue weighted by Gasteiger charge is 2.15. The van der Waals surface area contributed by atoms with Crippen LogP contribution in [0, 0.1) is 0 Å². The second-order valence-corrected chi connectivity index (χ2v) is 5.13. The molecule has 0 unspecified atom stereocenters. The minimum atomic E-state index is -1.05. The molecule has 1 nitrogen and oxygen atoms in total. The molecule has 0 aromatic carbocycles. The zero-order valence-corrected chi connectivity index (χ0v) is 8.27. The fourth-order valence-electron chi connectivity index (χ4n) is 0.441. The van der Waals surface area contributed by atoms with E-state index in [1.54, 1.807) is 19.1 Å². The van der Waals surface area contributed by atoms with Gasteiger partial charge in [-0.1, -0.05) is 37.4 Å². The summed E-state index contributed by atoms with van der Waals surface area (Å²) in [4.78, 5) is 0. The van der Waals surface area contributed by atoms with Crippen LogP contribution in [0.15, 0.2) is 12.2 Å². The Hall–Kier alpha value is 0.230. The molecular formula is C7H13FIN. The first-order valence-corrected chi connectivity index (χ1v) is 5.66. The Morgan fingerprint density at radius 1 is 1.70 bits per heavy atom. The van der Waals surface area contributed by atoms with Gasteiger partial charge in [-0.3, -0.25) is 0 Å². The first-order chi connectivity index (χ1) is 4.62. The zero-order valence-electron chi connectivity index (χ0n) is 6.11. The van der Waals surface area contributed by atoms with Crippen molar-refractivity contribution in [3.63, 3.8) is 0 Å². The molecule has 0 heterocycles. The fourth-order valence-corrected chi connectivity index (χ4v) is 1.01. The Labute approximate surface area is 71.2 Å².